The van der Waals surface area contributed by atoms with Crippen molar-refractivity contribution in [3.8, 4) is 0 Å². The molecule has 2 rings (SSSR count). The zero-order valence-corrected chi connectivity index (χ0v) is 18.6. The fourth-order valence-electron chi connectivity index (χ4n) is 3.43. The minimum atomic E-state index is -1.41. The SMILES string of the molecule is CCO[C@@H]1CC(=O)[C@H]1O[C@@H]1O[C@H](COC(C)=O)[C@H](OC(C)=O)[C@H](OC(C)=O)[C@H]1OC(C)=O. The molecule has 0 unspecified atom stereocenters. The van der Waals surface area contributed by atoms with Crippen molar-refractivity contribution in [2.45, 2.75) is 84.0 Å². The van der Waals surface area contributed by atoms with Gasteiger partial charge in [0.25, 0.3) is 0 Å². The number of hydrogen-bond donors (Lipinski definition) is 0. The number of hydrogen-bond acceptors (Lipinski definition) is 12. The van der Waals surface area contributed by atoms with Crippen LogP contribution < -0.4 is 0 Å². The zero-order valence-electron chi connectivity index (χ0n) is 18.6. The quantitative estimate of drug-likeness (QED) is 0.332. The van der Waals surface area contributed by atoms with Gasteiger partial charge in [0, 0.05) is 40.7 Å². The van der Waals surface area contributed by atoms with E-state index in [4.69, 9.17) is 33.2 Å². The van der Waals surface area contributed by atoms with E-state index in [0.717, 1.165) is 20.8 Å². The molecule has 0 N–H and O–H groups in total. The van der Waals surface area contributed by atoms with Crippen molar-refractivity contribution in [1.29, 1.82) is 0 Å². The molecule has 0 aromatic carbocycles. The monoisotopic (exact) mass is 460 g/mol. The van der Waals surface area contributed by atoms with Crippen molar-refractivity contribution in [3.05, 3.63) is 0 Å². The fraction of sp³-hybridized carbons (Fsp3) is 0.750. The molecule has 7 atom stereocenters. The van der Waals surface area contributed by atoms with Gasteiger partial charge in [0.1, 0.15) is 18.8 Å². The van der Waals surface area contributed by atoms with Crippen LogP contribution >= 0.6 is 0 Å². The zero-order chi connectivity index (χ0) is 24.0. The van der Waals surface area contributed by atoms with Crippen molar-refractivity contribution < 1.29 is 57.1 Å². The average molecular weight is 460 g/mol. The summed E-state index contributed by atoms with van der Waals surface area (Å²) in [7, 11) is 0. The van der Waals surface area contributed by atoms with Gasteiger partial charge in [0.05, 0.1) is 6.10 Å². The summed E-state index contributed by atoms with van der Waals surface area (Å²) in [6, 6.07) is 0. The van der Waals surface area contributed by atoms with Crippen LogP contribution in [0.15, 0.2) is 0 Å². The second kappa shape index (κ2) is 11.3. The van der Waals surface area contributed by atoms with Crippen molar-refractivity contribution >= 4 is 29.7 Å². The lowest BCUT2D eigenvalue weighted by Crippen LogP contribution is -2.65. The van der Waals surface area contributed by atoms with Gasteiger partial charge >= 0.3 is 23.9 Å². The van der Waals surface area contributed by atoms with Gasteiger partial charge in [-0.25, -0.2) is 0 Å². The predicted molar refractivity (Wildman–Crippen MR) is 102 cm³/mol. The van der Waals surface area contributed by atoms with Crippen molar-refractivity contribution in [1.82, 2.24) is 0 Å². The Labute approximate surface area is 184 Å². The van der Waals surface area contributed by atoms with Crippen LogP contribution in [0.1, 0.15) is 41.0 Å². The molecule has 180 valence electrons. The van der Waals surface area contributed by atoms with Crippen LogP contribution in [0.25, 0.3) is 0 Å². The second-order valence-electron chi connectivity index (χ2n) is 7.29. The summed E-state index contributed by atoms with van der Waals surface area (Å²) in [5, 5.41) is 0. The molecule has 2 fully saturated rings. The first-order valence-corrected chi connectivity index (χ1v) is 10.1. The van der Waals surface area contributed by atoms with Crippen molar-refractivity contribution in [2.75, 3.05) is 13.2 Å². The highest BCUT2D eigenvalue weighted by Gasteiger charge is 2.55. The number of Topliss-reactive ketones (excluding diaryl/α,β-unsaturated/α-hetero) is 1. The summed E-state index contributed by atoms with van der Waals surface area (Å²) >= 11 is 0. The van der Waals surface area contributed by atoms with Gasteiger partial charge in [0.2, 0.25) is 0 Å². The van der Waals surface area contributed by atoms with Crippen LogP contribution in [0.3, 0.4) is 0 Å². The van der Waals surface area contributed by atoms with Crippen LogP contribution in [-0.4, -0.2) is 85.8 Å². The van der Waals surface area contributed by atoms with Gasteiger partial charge in [-0.1, -0.05) is 0 Å². The van der Waals surface area contributed by atoms with Crippen LogP contribution in [0.4, 0.5) is 0 Å². The third-order valence-corrected chi connectivity index (χ3v) is 4.67. The van der Waals surface area contributed by atoms with E-state index >= 15 is 0 Å². The summed E-state index contributed by atoms with van der Waals surface area (Å²) in [6.45, 7) is 6.24. The van der Waals surface area contributed by atoms with E-state index in [0.29, 0.717) is 6.61 Å². The van der Waals surface area contributed by atoms with E-state index in [1.165, 1.54) is 6.92 Å². The Kier molecular flexibility index (Phi) is 9.10. The average Bonchev–Trinajstić information content (AvgIpc) is 2.67. The van der Waals surface area contributed by atoms with Gasteiger partial charge in [0.15, 0.2) is 30.4 Å². The molecule has 12 nitrogen and oxygen atoms in total. The number of ether oxygens (including phenoxy) is 7. The van der Waals surface area contributed by atoms with E-state index in [-0.39, 0.29) is 18.8 Å². The van der Waals surface area contributed by atoms with E-state index in [2.05, 4.69) is 0 Å². The topological polar surface area (TPSA) is 150 Å². The molecule has 1 saturated carbocycles. The molecular formula is C20H28O12. The first-order valence-electron chi connectivity index (χ1n) is 10.1. The number of ketones is 1. The molecule has 0 aromatic heterocycles. The molecule has 0 aromatic rings. The number of rotatable bonds is 9. The highest BCUT2D eigenvalue weighted by atomic mass is 16.7. The Morgan fingerprint density at radius 3 is 1.94 bits per heavy atom. The van der Waals surface area contributed by atoms with Crippen LogP contribution in [-0.2, 0) is 57.1 Å². The van der Waals surface area contributed by atoms with E-state index in [1.54, 1.807) is 6.92 Å². The Bertz CT molecular complexity index is 734. The van der Waals surface area contributed by atoms with Crippen molar-refractivity contribution in [2.24, 2.45) is 0 Å². The van der Waals surface area contributed by atoms with E-state index in [1.807, 2.05) is 0 Å². The molecule has 0 radical (unpaired) electrons. The Balaban J connectivity index is 2.38. The second-order valence-corrected chi connectivity index (χ2v) is 7.29. The Morgan fingerprint density at radius 1 is 0.875 bits per heavy atom. The number of esters is 4. The smallest absolute Gasteiger partial charge is 0.303 e. The molecule has 2 aliphatic rings. The molecule has 0 amide bonds. The molecule has 32 heavy (non-hydrogen) atoms. The highest BCUT2D eigenvalue weighted by molar-refractivity contribution is 5.90. The lowest BCUT2D eigenvalue weighted by Gasteiger charge is -2.46. The predicted octanol–water partition coefficient (Wildman–Crippen LogP) is -0.167. The third kappa shape index (κ3) is 6.71. The number of carbonyl (C=O) groups excluding carboxylic acids is 5. The maximum Gasteiger partial charge on any atom is 0.303 e. The summed E-state index contributed by atoms with van der Waals surface area (Å²) in [5.74, 6) is -3.15. The molecule has 1 heterocycles. The Hall–Kier alpha value is -2.57. The highest BCUT2D eigenvalue weighted by Crippen LogP contribution is 2.33. The van der Waals surface area contributed by atoms with Crippen molar-refractivity contribution in [3.63, 3.8) is 0 Å². The molecular weight excluding hydrogens is 432 g/mol. The molecule has 0 spiro atoms. The maximum absolute atomic E-state index is 12.1. The van der Waals surface area contributed by atoms with Crippen LogP contribution in [0.5, 0.6) is 0 Å². The van der Waals surface area contributed by atoms with Gasteiger partial charge in [-0.2, -0.15) is 0 Å². The van der Waals surface area contributed by atoms with Gasteiger partial charge in [-0.3, -0.25) is 24.0 Å². The maximum atomic E-state index is 12.1. The fourth-order valence-corrected chi connectivity index (χ4v) is 3.43. The van der Waals surface area contributed by atoms with Crippen LogP contribution in [0.2, 0.25) is 0 Å². The molecule has 1 aliphatic heterocycles. The van der Waals surface area contributed by atoms with Gasteiger partial charge < -0.3 is 33.2 Å². The Morgan fingerprint density at radius 2 is 1.44 bits per heavy atom. The largest absolute Gasteiger partial charge is 0.463 e. The first-order chi connectivity index (χ1) is 15.0. The molecule has 12 heteroatoms. The lowest BCUT2D eigenvalue weighted by molar-refractivity contribution is -0.323. The summed E-state index contributed by atoms with van der Waals surface area (Å²) in [6.07, 6.45) is -7.98. The molecule has 1 saturated heterocycles. The first kappa shape index (κ1) is 25.7. The lowest BCUT2D eigenvalue weighted by atomic mass is 9.89. The minimum Gasteiger partial charge on any atom is -0.463 e. The standard InChI is InChI=1S/C20H28O12/c1-6-26-14-7-13(25)16(14)32-20-19(30-12(5)24)18(29-11(4)23)17(28-10(3)22)15(31-20)8-27-9(2)21/h14-20H,6-8H2,1-5H3/t14-,15-,16-,17+,18+,19-,20+/m1/s1. The summed E-state index contributed by atoms with van der Waals surface area (Å²) in [5.41, 5.74) is 0. The van der Waals surface area contributed by atoms with Crippen LogP contribution in [0, 0.1) is 0 Å². The van der Waals surface area contributed by atoms with E-state index in [9.17, 15) is 24.0 Å². The summed E-state index contributed by atoms with van der Waals surface area (Å²) in [4.78, 5) is 58.7. The van der Waals surface area contributed by atoms with Gasteiger partial charge in [-0.15, -0.1) is 0 Å². The number of carbonyl (C=O) groups is 5. The normalized spacial score (nSPS) is 31.8. The van der Waals surface area contributed by atoms with Gasteiger partial charge in [-0.05, 0) is 6.92 Å². The van der Waals surface area contributed by atoms with E-state index < -0.39 is 66.8 Å². The molecule has 1 aliphatic carbocycles. The third-order valence-electron chi connectivity index (χ3n) is 4.67. The molecule has 0 bridgehead atoms. The minimum absolute atomic E-state index is 0.143. The summed E-state index contributed by atoms with van der Waals surface area (Å²) < 4.78 is 37.9.